The fourth-order valence-electron chi connectivity index (χ4n) is 2.40. The third-order valence-corrected chi connectivity index (χ3v) is 3.90. The average Bonchev–Trinajstić information content (AvgIpc) is 2.58. The van der Waals surface area contributed by atoms with Crippen molar-refractivity contribution in [3.63, 3.8) is 0 Å². The van der Waals surface area contributed by atoms with Crippen molar-refractivity contribution >= 4 is 17.6 Å². The summed E-state index contributed by atoms with van der Waals surface area (Å²) >= 11 is 0. The molecule has 1 aromatic rings. The lowest BCUT2D eigenvalue weighted by atomic mass is 9.99. The summed E-state index contributed by atoms with van der Waals surface area (Å²) in [5, 5.41) is 10.8. The van der Waals surface area contributed by atoms with Gasteiger partial charge in [0.2, 0.25) is 0 Å². The van der Waals surface area contributed by atoms with Gasteiger partial charge in [-0.3, -0.25) is 14.9 Å². The van der Waals surface area contributed by atoms with Gasteiger partial charge in [-0.05, 0) is 24.8 Å². The molecule has 0 spiro atoms. The highest BCUT2D eigenvalue weighted by atomic mass is 16.6. The van der Waals surface area contributed by atoms with E-state index in [1.54, 1.807) is 11.0 Å². The molecule has 1 saturated heterocycles. The molecule has 1 heterocycles. The molecular formula is C16H20N2O6. The number of piperidine rings is 1. The van der Waals surface area contributed by atoms with Crippen LogP contribution in [0.3, 0.4) is 0 Å². The summed E-state index contributed by atoms with van der Waals surface area (Å²) in [4.78, 5) is 35.5. The number of benzene rings is 1. The zero-order chi connectivity index (χ0) is 17.5. The molecule has 1 aliphatic heterocycles. The molecule has 8 nitrogen and oxygen atoms in total. The standard InChI is InChI=1S/C16H20N2O6/c1-12-6-8-17(9-7-12)15(19)10-24-16(20)11-23-14-5-3-2-4-13(14)18(21)22/h2-5,12H,6-11H2,1H3. The summed E-state index contributed by atoms with van der Waals surface area (Å²) in [6, 6.07) is 5.74. The van der Waals surface area contributed by atoms with E-state index in [1.165, 1.54) is 18.2 Å². The van der Waals surface area contributed by atoms with Crippen molar-refractivity contribution in [3.8, 4) is 5.75 Å². The maximum atomic E-state index is 11.9. The number of carbonyl (C=O) groups excluding carboxylic acids is 2. The molecule has 1 aromatic carbocycles. The van der Waals surface area contributed by atoms with Crippen molar-refractivity contribution in [1.82, 2.24) is 4.90 Å². The molecule has 0 aliphatic carbocycles. The van der Waals surface area contributed by atoms with Gasteiger partial charge in [-0.1, -0.05) is 19.1 Å². The third-order valence-electron chi connectivity index (χ3n) is 3.90. The van der Waals surface area contributed by atoms with Crippen LogP contribution in [0.25, 0.3) is 0 Å². The number of nitrogens with zero attached hydrogens (tertiary/aromatic N) is 2. The summed E-state index contributed by atoms with van der Waals surface area (Å²) in [6.45, 7) is 2.65. The van der Waals surface area contributed by atoms with Gasteiger partial charge in [0.15, 0.2) is 19.0 Å². The molecule has 2 rings (SSSR count). The minimum Gasteiger partial charge on any atom is -0.475 e. The Morgan fingerprint density at radius 1 is 1.25 bits per heavy atom. The SMILES string of the molecule is CC1CCN(C(=O)COC(=O)COc2ccccc2[N+](=O)[O-])CC1. The van der Waals surface area contributed by atoms with Crippen molar-refractivity contribution in [2.45, 2.75) is 19.8 Å². The number of amides is 1. The van der Waals surface area contributed by atoms with Crippen LogP contribution in [0, 0.1) is 16.0 Å². The summed E-state index contributed by atoms with van der Waals surface area (Å²) in [5.74, 6) is -0.393. The molecule has 0 radical (unpaired) electrons. The molecule has 1 amide bonds. The molecule has 1 fully saturated rings. The van der Waals surface area contributed by atoms with Crippen LogP contribution < -0.4 is 4.74 Å². The number of likely N-dealkylation sites (tertiary alicyclic amines) is 1. The lowest BCUT2D eigenvalue weighted by molar-refractivity contribution is -0.385. The maximum Gasteiger partial charge on any atom is 0.344 e. The first-order valence-electron chi connectivity index (χ1n) is 7.77. The van der Waals surface area contributed by atoms with Crippen molar-refractivity contribution in [2.24, 2.45) is 5.92 Å². The number of carbonyl (C=O) groups is 2. The Bertz CT molecular complexity index is 610. The molecule has 8 heteroatoms. The van der Waals surface area contributed by atoms with E-state index in [1.807, 2.05) is 0 Å². The molecule has 0 bridgehead atoms. The van der Waals surface area contributed by atoms with E-state index < -0.39 is 17.5 Å². The van der Waals surface area contributed by atoms with Crippen LogP contribution >= 0.6 is 0 Å². The van der Waals surface area contributed by atoms with Crippen LogP contribution in [0.4, 0.5) is 5.69 Å². The topological polar surface area (TPSA) is 99.0 Å². The van der Waals surface area contributed by atoms with Gasteiger partial charge in [0, 0.05) is 19.2 Å². The Kier molecular flexibility index (Phi) is 6.11. The predicted octanol–water partition coefficient (Wildman–Crippen LogP) is 1.78. The minimum absolute atomic E-state index is 0.0178. The highest BCUT2D eigenvalue weighted by Gasteiger charge is 2.21. The quantitative estimate of drug-likeness (QED) is 0.446. The number of nitro benzene ring substituents is 1. The first-order chi connectivity index (χ1) is 11.5. The highest BCUT2D eigenvalue weighted by molar-refractivity contribution is 5.81. The largest absolute Gasteiger partial charge is 0.475 e. The van der Waals surface area contributed by atoms with Crippen LogP contribution in [-0.4, -0.2) is 48.0 Å². The van der Waals surface area contributed by atoms with E-state index in [0.29, 0.717) is 19.0 Å². The fourth-order valence-corrected chi connectivity index (χ4v) is 2.40. The Morgan fingerprint density at radius 2 is 1.92 bits per heavy atom. The zero-order valence-corrected chi connectivity index (χ0v) is 13.5. The first kappa shape index (κ1) is 17.7. The van der Waals surface area contributed by atoms with Gasteiger partial charge >= 0.3 is 11.7 Å². The molecule has 130 valence electrons. The molecule has 0 unspecified atom stereocenters. The molecule has 0 saturated carbocycles. The van der Waals surface area contributed by atoms with Crippen LogP contribution in [-0.2, 0) is 14.3 Å². The van der Waals surface area contributed by atoms with E-state index in [4.69, 9.17) is 9.47 Å². The summed E-state index contributed by atoms with van der Waals surface area (Å²) in [5.41, 5.74) is -0.233. The smallest absolute Gasteiger partial charge is 0.344 e. The number of hydrogen-bond acceptors (Lipinski definition) is 6. The lowest BCUT2D eigenvalue weighted by Crippen LogP contribution is -2.40. The summed E-state index contributed by atoms with van der Waals surface area (Å²) in [7, 11) is 0. The molecule has 0 aromatic heterocycles. The maximum absolute atomic E-state index is 11.9. The molecule has 24 heavy (non-hydrogen) atoms. The van der Waals surface area contributed by atoms with E-state index in [9.17, 15) is 19.7 Å². The van der Waals surface area contributed by atoms with Crippen LogP contribution in [0.5, 0.6) is 5.75 Å². The molecule has 0 atom stereocenters. The number of rotatable bonds is 6. The van der Waals surface area contributed by atoms with Crippen LogP contribution in [0.15, 0.2) is 24.3 Å². The minimum atomic E-state index is -0.744. The van der Waals surface area contributed by atoms with Gasteiger partial charge in [-0.15, -0.1) is 0 Å². The van der Waals surface area contributed by atoms with Gasteiger partial charge in [-0.2, -0.15) is 0 Å². The number of para-hydroxylation sites is 2. The van der Waals surface area contributed by atoms with Gasteiger partial charge in [0.05, 0.1) is 4.92 Å². The van der Waals surface area contributed by atoms with Crippen LogP contribution in [0.2, 0.25) is 0 Å². The predicted molar refractivity (Wildman–Crippen MR) is 84.5 cm³/mol. The normalized spacial score (nSPS) is 15.0. The van der Waals surface area contributed by atoms with Gasteiger partial charge in [0.25, 0.3) is 5.91 Å². The fraction of sp³-hybridized carbons (Fsp3) is 0.500. The molecular weight excluding hydrogens is 316 g/mol. The Balaban J connectivity index is 1.76. The second-order valence-corrected chi connectivity index (χ2v) is 5.74. The third kappa shape index (κ3) is 4.94. The van der Waals surface area contributed by atoms with E-state index in [2.05, 4.69) is 6.92 Å². The lowest BCUT2D eigenvalue weighted by Gasteiger charge is -2.30. The molecule has 0 N–H and O–H groups in total. The van der Waals surface area contributed by atoms with Crippen molar-refractivity contribution in [3.05, 3.63) is 34.4 Å². The number of nitro groups is 1. The average molecular weight is 336 g/mol. The molecule has 1 aliphatic rings. The van der Waals surface area contributed by atoms with E-state index in [0.717, 1.165) is 12.8 Å². The van der Waals surface area contributed by atoms with Crippen molar-refractivity contribution < 1.29 is 24.0 Å². The van der Waals surface area contributed by atoms with E-state index >= 15 is 0 Å². The second-order valence-electron chi connectivity index (χ2n) is 5.74. The van der Waals surface area contributed by atoms with E-state index in [-0.39, 0.29) is 24.0 Å². The van der Waals surface area contributed by atoms with Gasteiger partial charge < -0.3 is 14.4 Å². The van der Waals surface area contributed by atoms with Gasteiger partial charge in [-0.25, -0.2) is 4.79 Å². The second kappa shape index (κ2) is 8.28. The van der Waals surface area contributed by atoms with Crippen LogP contribution in [0.1, 0.15) is 19.8 Å². The Labute approximate surface area is 139 Å². The van der Waals surface area contributed by atoms with Crippen molar-refractivity contribution in [1.29, 1.82) is 0 Å². The number of ether oxygens (including phenoxy) is 2. The van der Waals surface area contributed by atoms with Crippen molar-refractivity contribution in [2.75, 3.05) is 26.3 Å². The summed E-state index contributed by atoms with van der Waals surface area (Å²) in [6.07, 6.45) is 1.89. The monoisotopic (exact) mass is 336 g/mol. The Hall–Kier alpha value is -2.64. The number of hydrogen-bond donors (Lipinski definition) is 0. The Morgan fingerprint density at radius 3 is 2.58 bits per heavy atom. The first-order valence-corrected chi connectivity index (χ1v) is 7.77. The number of esters is 1. The highest BCUT2D eigenvalue weighted by Crippen LogP contribution is 2.25. The summed E-state index contributed by atoms with van der Waals surface area (Å²) < 4.78 is 9.99. The zero-order valence-electron chi connectivity index (χ0n) is 13.5. The van der Waals surface area contributed by atoms with Gasteiger partial charge in [0.1, 0.15) is 0 Å².